The maximum absolute atomic E-state index is 12.0. The van der Waals surface area contributed by atoms with Crippen LogP contribution < -0.4 is 11.1 Å². The Hall–Kier alpha value is -1.56. The quantitative estimate of drug-likeness (QED) is 0.854. The highest BCUT2D eigenvalue weighted by Gasteiger charge is 2.24. The molecule has 5 nitrogen and oxygen atoms in total. The molecule has 98 valence electrons. The van der Waals surface area contributed by atoms with E-state index in [1.54, 1.807) is 13.1 Å². The van der Waals surface area contributed by atoms with Crippen LogP contribution in [0.15, 0.2) is 6.07 Å². The minimum absolute atomic E-state index is 0.0895. The Morgan fingerprint density at radius 1 is 1.56 bits per heavy atom. The summed E-state index contributed by atoms with van der Waals surface area (Å²) in [6.07, 6.45) is 2.09. The number of nitrogens with one attached hydrogen (secondary N) is 1. The van der Waals surface area contributed by atoms with E-state index in [0.29, 0.717) is 16.6 Å². The number of amides is 2. The van der Waals surface area contributed by atoms with Crippen LogP contribution >= 0.6 is 11.3 Å². The van der Waals surface area contributed by atoms with Gasteiger partial charge in [0, 0.05) is 23.7 Å². The van der Waals surface area contributed by atoms with Gasteiger partial charge in [-0.3, -0.25) is 9.59 Å². The molecular weight excluding hydrogens is 250 g/mol. The number of carbonyl (C=O) groups is 2. The number of likely N-dealkylation sites (N-methyl/N-ethyl adjacent to an activating group) is 1. The normalized spacial score (nSPS) is 14.3. The highest BCUT2D eigenvalue weighted by Crippen LogP contribution is 2.24. The number of hydrogen-bond donors (Lipinski definition) is 2. The summed E-state index contributed by atoms with van der Waals surface area (Å²) in [7, 11) is 1.63. The van der Waals surface area contributed by atoms with E-state index < -0.39 is 0 Å². The lowest BCUT2D eigenvalue weighted by molar-refractivity contribution is -0.121. The summed E-state index contributed by atoms with van der Waals surface area (Å²) in [5, 5.41) is 2.85. The molecule has 2 rings (SSSR count). The molecule has 0 saturated heterocycles. The summed E-state index contributed by atoms with van der Waals surface area (Å²) in [5.41, 5.74) is 6.34. The molecule has 0 radical (unpaired) electrons. The number of anilines is 1. The van der Waals surface area contributed by atoms with E-state index in [4.69, 9.17) is 5.73 Å². The van der Waals surface area contributed by atoms with Crippen LogP contribution in [-0.2, 0) is 4.79 Å². The van der Waals surface area contributed by atoms with Crippen molar-refractivity contribution in [3.05, 3.63) is 15.8 Å². The van der Waals surface area contributed by atoms with Gasteiger partial charge in [-0.2, -0.15) is 0 Å². The molecule has 0 unspecified atom stereocenters. The number of carbonyl (C=O) groups excluding carboxylic acids is 2. The van der Waals surface area contributed by atoms with Gasteiger partial charge < -0.3 is 16.0 Å². The second-order valence-corrected chi connectivity index (χ2v) is 5.88. The number of aryl methyl sites for hydroxylation is 1. The standard InChI is InChI=1S/C12H17N3O2S/c1-7-9(13)5-10(18-7)12(17)15(2)6-11(16)14-8-3-4-8/h5,8H,3-4,6,13H2,1-2H3,(H,14,16). The molecule has 1 aliphatic rings. The zero-order valence-corrected chi connectivity index (χ0v) is 11.3. The second kappa shape index (κ2) is 4.97. The third kappa shape index (κ3) is 3.01. The second-order valence-electron chi connectivity index (χ2n) is 4.63. The molecule has 0 atom stereocenters. The van der Waals surface area contributed by atoms with Crippen LogP contribution in [0.25, 0.3) is 0 Å². The summed E-state index contributed by atoms with van der Waals surface area (Å²) in [6.45, 7) is 1.96. The topological polar surface area (TPSA) is 75.4 Å². The first kappa shape index (κ1) is 12.9. The molecule has 0 bridgehead atoms. The van der Waals surface area contributed by atoms with E-state index >= 15 is 0 Å². The largest absolute Gasteiger partial charge is 0.398 e. The highest BCUT2D eigenvalue weighted by molar-refractivity contribution is 7.14. The summed E-state index contributed by atoms with van der Waals surface area (Å²) < 4.78 is 0. The Labute approximate surface area is 110 Å². The fourth-order valence-electron chi connectivity index (χ4n) is 1.58. The first-order valence-electron chi connectivity index (χ1n) is 5.88. The molecule has 1 aromatic rings. The van der Waals surface area contributed by atoms with Gasteiger partial charge in [-0.15, -0.1) is 11.3 Å². The van der Waals surface area contributed by atoms with E-state index in [-0.39, 0.29) is 18.4 Å². The lowest BCUT2D eigenvalue weighted by atomic mass is 10.3. The van der Waals surface area contributed by atoms with Crippen molar-refractivity contribution in [2.75, 3.05) is 19.3 Å². The fourth-order valence-corrected chi connectivity index (χ4v) is 2.51. The molecule has 1 aromatic heterocycles. The van der Waals surface area contributed by atoms with Crippen molar-refractivity contribution in [2.45, 2.75) is 25.8 Å². The van der Waals surface area contributed by atoms with E-state index in [2.05, 4.69) is 5.32 Å². The Bertz CT molecular complexity index is 460. The van der Waals surface area contributed by atoms with Crippen molar-refractivity contribution in [1.29, 1.82) is 0 Å². The molecule has 0 aliphatic heterocycles. The summed E-state index contributed by atoms with van der Waals surface area (Å²) in [4.78, 5) is 26.6. The molecule has 18 heavy (non-hydrogen) atoms. The van der Waals surface area contributed by atoms with Gasteiger partial charge in [0.1, 0.15) is 0 Å². The molecule has 0 aromatic carbocycles. The van der Waals surface area contributed by atoms with Gasteiger partial charge in [-0.25, -0.2) is 0 Å². The van der Waals surface area contributed by atoms with Gasteiger partial charge in [0.15, 0.2) is 0 Å². The monoisotopic (exact) mass is 267 g/mol. The number of nitrogens with zero attached hydrogens (tertiary/aromatic N) is 1. The SMILES string of the molecule is Cc1sc(C(=O)N(C)CC(=O)NC2CC2)cc1N. The Morgan fingerprint density at radius 2 is 2.22 bits per heavy atom. The lowest BCUT2D eigenvalue weighted by Gasteiger charge is -2.15. The zero-order valence-electron chi connectivity index (χ0n) is 10.5. The van der Waals surface area contributed by atoms with Crippen LogP contribution in [-0.4, -0.2) is 36.3 Å². The molecule has 3 N–H and O–H groups in total. The summed E-state index contributed by atoms with van der Waals surface area (Å²) in [6, 6.07) is 1.98. The molecule has 0 spiro atoms. The molecule has 6 heteroatoms. The smallest absolute Gasteiger partial charge is 0.264 e. The number of thiophene rings is 1. The predicted octanol–water partition coefficient (Wildman–Crippen LogP) is 0.989. The van der Waals surface area contributed by atoms with Crippen LogP contribution in [0.5, 0.6) is 0 Å². The first-order valence-corrected chi connectivity index (χ1v) is 6.69. The third-order valence-electron chi connectivity index (χ3n) is 2.84. The Kier molecular flexibility index (Phi) is 3.56. The van der Waals surface area contributed by atoms with Gasteiger partial charge in [0.2, 0.25) is 5.91 Å². The molecule has 1 heterocycles. The minimum atomic E-state index is -0.161. The Morgan fingerprint density at radius 3 is 2.72 bits per heavy atom. The van der Waals surface area contributed by atoms with Crippen molar-refractivity contribution >= 4 is 28.8 Å². The van der Waals surface area contributed by atoms with Crippen molar-refractivity contribution < 1.29 is 9.59 Å². The zero-order chi connectivity index (χ0) is 13.3. The van der Waals surface area contributed by atoms with E-state index in [1.165, 1.54) is 16.2 Å². The van der Waals surface area contributed by atoms with E-state index in [0.717, 1.165) is 17.7 Å². The highest BCUT2D eigenvalue weighted by atomic mass is 32.1. The third-order valence-corrected chi connectivity index (χ3v) is 3.89. The first-order chi connectivity index (χ1) is 8.47. The average Bonchev–Trinajstić information content (AvgIpc) is 3.04. The van der Waals surface area contributed by atoms with Crippen molar-refractivity contribution in [1.82, 2.24) is 10.2 Å². The number of rotatable bonds is 4. The lowest BCUT2D eigenvalue weighted by Crippen LogP contribution is -2.38. The van der Waals surface area contributed by atoms with E-state index in [9.17, 15) is 9.59 Å². The summed E-state index contributed by atoms with van der Waals surface area (Å²) >= 11 is 1.36. The number of nitrogens with two attached hydrogens (primary N) is 1. The molecule has 1 fully saturated rings. The molecule has 1 saturated carbocycles. The van der Waals surface area contributed by atoms with E-state index in [1.807, 2.05) is 6.92 Å². The minimum Gasteiger partial charge on any atom is -0.398 e. The van der Waals surface area contributed by atoms with Crippen molar-refractivity contribution in [2.24, 2.45) is 0 Å². The molecule has 1 aliphatic carbocycles. The average molecular weight is 267 g/mol. The van der Waals surface area contributed by atoms with Gasteiger partial charge >= 0.3 is 0 Å². The summed E-state index contributed by atoms with van der Waals surface area (Å²) in [5.74, 6) is -0.264. The van der Waals surface area contributed by atoms with Crippen molar-refractivity contribution in [3.63, 3.8) is 0 Å². The van der Waals surface area contributed by atoms with Crippen molar-refractivity contribution in [3.8, 4) is 0 Å². The predicted molar refractivity (Wildman–Crippen MR) is 71.6 cm³/mol. The van der Waals surface area contributed by atoms with Crippen LogP contribution in [0.2, 0.25) is 0 Å². The fraction of sp³-hybridized carbons (Fsp3) is 0.500. The van der Waals surface area contributed by atoms with Crippen LogP contribution in [0.4, 0.5) is 5.69 Å². The molecular formula is C12H17N3O2S. The number of nitrogen functional groups attached to an aromatic ring is 1. The Balaban J connectivity index is 1.93. The maximum Gasteiger partial charge on any atom is 0.264 e. The van der Waals surface area contributed by atoms with Gasteiger partial charge in [0.05, 0.1) is 11.4 Å². The van der Waals surface area contributed by atoms with Crippen LogP contribution in [0, 0.1) is 6.92 Å². The van der Waals surface area contributed by atoms with Gasteiger partial charge in [-0.05, 0) is 25.8 Å². The van der Waals surface area contributed by atoms with Crippen LogP contribution in [0.3, 0.4) is 0 Å². The number of hydrogen-bond acceptors (Lipinski definition) is 4. The van der Waals surface area contributed by atoms with Gasteiger partial charge in [0.25, 0.3) is 5.91 Å². The molecule has 2 amide bonds. The maximum atomic E-state index is 12.0. The van der Waals surface area contributed by atoms with Crippen LogP contribution in [0.1, 0.15) is 27.4 Å². The van der Waals surface area contributed by atoms with Gasteiger partial charge in [-0.1, -0.05) is 0 Å².